The highest BCUT2D eigenvalue weighted by molar-refractivity contribution is 6.54. The van der Waals surface area contributed by atoms with E-state index in [1.807, 2.05) is 0 Å². The van der Waals surface area contributed by atoms with Crippen LogP contribution in [0, 0.1) is 0 Å². The zero-order chi connectivity index (χ0) is 16.4. The Balaban J connectivity index is 2.33. The van der Waals surface area contributed by atoms with E-state index in [1.165, 1.54) is 18.6 Å². The minimum absolute atomic E-state index is 0.462. The third-order valence-electron chi connectivity index (χ3n) is 3.73. The molecule has 1 aromatic carbocycles. The fraction of sp³-hybridized carbons (Fsp3) is 0.529. The molecule has 0 atom stereocenters. The molecule has 0 saturated heterocycles. The highest BCUT2D eigenvalue weighted by Crippen LogP contribution is 2.27. The van der Waals surface area contributed by atoms with E-state index >= 15 is 0 Å². The van der Waals surface area contributed by atoms with Crippen molar-refractivity contribution < 1.29 is 13.2 Å². The Morgan fingerprint density at radius 3 is 2.36 bits per heavy atom. The number of halogens is 4. The average Bonchev–Trinajstić information content (AvgIpc) is 2.48. The molecule has 0 heterocycles. The van der Waals surface area contributed by atoms with E-state index in [1.54, 1.807) is 12.1 Å². The molecule has 0 spiro atoms. The minimum atomic E-state index is -4.24. The Hall–Kier alpha value is -0.743. The lowest BCUT2D eigenvalue weighted by Crippen LogP contribution is -2.25. The molecule has 0 aliphatic heterocycles. The van der Waals surface area contributed by atoms with Gasteiger partial charge in [0.1, 0.15) is 0 Å². The number of unbranched alkanes of at least 4 members (excludes halogenated alkanes) is 4. The van der Waals surface area contributed by atoms with Crippen LogP contribution >= 0.6 is 11.6 Å². The molecule has 0 bridgehead atoms. The van der Waals surface area contributed by atoms with Crippen LogP contribution in [0.3, 0.4) is 0 Å². The van der Waals surface area contributed by atoms with Crippen LogP contribution in [-0.4, -0.2) is 15.4 Å². The predicted molar refractivity (Wildman–Crippen MR) is 92.0 cm³/mol. The summed E-state index contributed by atoms with van der Waals surface area (Å²) in [4.78, 5) is 0. The molecule has 0 aliphatic carbocycles. The maximum atomic E-state index is 12.9. The first-order valence-electron chi connectivity index (χ1n) is 7.83. The monoisotopic (exact) mass is 348 g/mol. The van der Waals surface area contributed by atoms with E-state index in [9.17, 15) is 13.2 Å². The quantitative estimate of drug-likeness (QED) is 0.240. The van der Waals surface area contributed by atoms with Gasteiger partial charge in [0.2, 0.25) is 0 Å². The molecular formula is C17H24ClF3Si. The topological polar surface area (TPSA) is 0 Å². The molecular weight excluding hydrogens is 325 g/mol. The summed E-state index contributed by atoms with van der Waals surface area (Å²) >= 11 is 5.62. The Bertz CT molecular complexity index is 457. The molecule has 0 fully saturated rings. The van der Waals surface area contributed by atoms with Gasteiger partial charge >= 0.3 is 6.18 Å². The van der Waals surface area contributed by atoms with Crippen LogP contribution in [0.15, 0.2) is 36.4 Å². The standard InChI is InChI=1S/C17H24ClF3Si/c1-14(9-5-3-2-4-8-12-18)13-22-16-11-7-6-10-15(16)17(19,20)21/h6-7,10-11H,1-5,8-9,12-13,22H2. The number of hydrogen-bond donors (Lipinski definition) is 0. The summed E-state index contributed by atoms with van der Waals surface area (Å²) in [6.07, 6.45) is 2.31. The fourth-order valence-corrected chi connectivity index (χ4v) is 4.40. The Labute approximate surface area is 138 Å². The molecule has 1 rings (SSSR count). The van der Waals surface area contributed by atoms with Gasteiger partial charge in [-0.1, -0.05) is 54.3 Å². The summed E-state index contributed by atoms with van der Waals surface area (Å²) in [5.74, 6) is 0.719. The summed E-state index contributed by atoms with van der Waals surface area (Å²) in [6.45, 7) is 4.03. The lowest BCUT2D eigenvalue weighted by atomic mass is 10.1. The third kappa shape index (κ3) is 7.50. The molecule has 22 heavy (non-hydrogen) atoms. The van der Waals surface area contributed by atoms with Gasteiger partial charge in [0, 0.05) is 5.88 Å². The summed E-state index contributed by atoms with van der Waals surface area (Å²) in [6, 6.07) is 6.71. The highest BCUT2D eigenvalue weighted by Gasteiger charge is 2.32. The molecule has 0 aromatic heterocycles. The Morgan fingerprint density at radius 1 is 1.05 bits per heavy atom. The molecule has 0 aliphatic rings. The van der Waals surface area contributed by atoms with Gasteiger partial charge in [-0.15, -0.1) is 18.2 Å². The van der Waals surface area contributed by atoms with Crippen molar-refractivity contribution in [1.29, 1.82) is 0 Å². The van der Waals surface area contributed by atoms with Gasteiger partial charge < -0.3 is 0 Å². The first-order valence-corrected chi connectivity index (χ1v) is 10.1. The molecule has 5 heteroatoms. The number of rotatable bonds is 10. The van der Waals surface area contributed by atoms with Crippen molar-refractivity contribution in [3.8, 4) is 0 Å². The number of allylic oxidation sites excluding steroid dienone is 1. The number of benzene rings is 1. The zero-order valence-corrected chi connectivity index (χ0v) is 15.1. The first kappa shape index (κ1) is 19.3. The molecule has 0 nitrogen and oxygen atoms in total. The van der Waals surface area contributed by atoms with Gasteiger partial charge in [-0.3, -0.25) is 0 Å². The predicted octanol–water partition coefficient (Wildman–Crippen LogP) is 5.05. The number of hydrogen-bond acceptors (Lipinski definition) is 0. The van der Waals surface area contributed by atoms with Crippen molar-refractivity contribution >= 4 is 26.3 Å². The van der Waals surface area contributed by atoms with Crippen molar-refractivity contribution in [3.63, 3.8) is 0 Å². The van der Waals surface area contributed by atoms with Crippen LogP contribution in [0.1, 0.15) is 44.1 Å². The smallest absolute Gasteiger partial charge is 0.166 e. The molecule has 0 radical (unpaired) electrons. The van der Waals surface area contributed by atoms with Gasteiger partial charge in [-0.2, -0.15) is 13.2 Å². The summed E-state index contributed by atoms with van der Waals surface area (Å²) in [7, 11) is -0.952. The van der Waals surface area contributed by atoms with E-state index in [2.05, 4.69) is 6.58 Å². The van der Waals surface area contributed by atoms with Gasteiger partial charge in [0.25, 0.3) is 0 Å². The van der Waals surface area contributed by atoms with Crippen molar-refractivity contribution in [2.45, 2.75) is 50.7 Å². The van der Waals surface area contributed by atoms with Crippen LogP contribution in [-0.2, 0) is 6.18 Å². The first-order chi connectivity index (χ1) is 10.4. The molecule has 0 amide bonds. The fourth-order valence-electron chi connectivity index (χ4n) is 2.45. The van der Waals surface area contributed by atoms with Crippen molar-refractivity contribution in [2.75, 3.05) is 5.88 Å². The second kappa shape index (κ2) is 10.1. The van der Waals surface area contributed by atoms with Crippen LogP contribution in [0.2, 0.25) is 6.04 Å². The largest absolute Gasteiger partial charge is 0.416 e. The van der Waals surface area contributed by atoms with E-state index in [0.717, 1.165) is 49.6 Å². The Morgan fingerprint density at radius 2 is 1.68 bits per heavy atom. The summed E-state index contributed by atoms with van der Waals surface area (Å²) in [5, 5.41) is 0.498. The van der Waals surface area contributed by atoms with Crippen LogP contribution in [0.5, 0.6) is 0 Å². The van der Waals surface area contributed by atoms with E-state index < -0.39 is 21.3 Å². The van der Waals surface area contributed by atoms with Gasteiger partial charge in [-0.25, -0.2) is 0 Å². The van der Waals surface area contributed by atoms with Crippen molar-refractivity contribution in [3.05, 3.63) is 42.0 Å². The third-order valence-corrected chi connectivity index (χ3v) is 6.11. The van der Waals surface area contributed by atoms with Crippen LogP contribution < -0.4 is 5.19 Å². The minimum Gasteiger partial charge on any atom is -0.166 e. The molecule has 0 unspecified atom stereocenters. The van der Waals surface area contributed by atoms with Gasteiger partial charge in [-0.05, 0) is 25.3 Å². The normalized spacial score (nSPS) is 12.2. The van der Waals surface area contributed by atoms with Crippen molar-refractivity contribution in [2.24, 2.45) is 0 Å². The highest BCUT2D eigenvalue weighted by atomic mass is 35.5. The maximum absolute atomic E-state index is 12.9. The average molecular weight is 349 g/mol. The van der Waals surface area contributed by atoms with E-state index in [4.69, 9.17) is 11.6 Å². The second-order valence-corrected chi connectivity index (χ2v) is 7.75. The van der Waals surface area contributed by atoms with Crippen LogP contribution in [0.25, 0.3) is 0 Å². The second-order valence-electron chi connectivity index (χ2n) is 5.61. The van der Waals surface area contributed by atoms with Gasteiger partial charge in [0.15, 0.2) is 0 Å². The SMILES string of the molecule is C=C(CCCCCCCCl)C[SiH2]c1ccccc1C(F)(F)F. The molecule has 0 saturated carbocycles. The van der Waals surface area contributed by atoms with Crippen LogP contribution in [0.4, 0.5) is 13.2 Å². The summed E-state index contributed by atoms with van der Waals surface area (Å²) < 4.78 is 38.7. The maximum Gasteiger partial charge on any atom is 0.416 e. The van der Waals surface area contributed by atoms with E-state index in [-0.39, 0.29) is 0 Å². The Kier molecular flexibility index (Phi) is 8.87. The lowest BCUT2D eigenvalue weighted by Gasteiger charge is -2.13. The summed E-state index contributed by atoms with van der Waals surface area (Å²) in [5.41, 5.74) is 0.636. The number of alkyl halides is 4. The zero-order valence-electron chi connectivity index (χ0n) is 12.9. The van der Waals surface area contributed by atoms with Crippen molar-refractivity contribution in [1.82, 2.24) is 0 Å². The lowest BCUT2D eigenvalue weighted by molar-refractivity contribution is -0.136. The molecule has 0 N–H and O–H groups in total. The molecule has 124 valence electrons. The molecule has 1 aromatic rings. The van der Waals surface area contributed by atoms with E-state index in [0.29, 0.717) is 5.19 Å². The van der Waals surface area contributed by atoms with Gasteiger partial charge in [0.05, 0.1) is 15.1 Å².